The van der Waals surface area contributed by atoms with Crippen LogP contribution in [0, 0.1) is 0 Å². The minimum Gasteiger partial charge on any atom is -0.492 e. The van der Waals surface area contributed by atoms with Crippen LogP contribution in [-0.2, 0) is 6.42 Å². The molecule has 0 spiro atoms. The van der Waals surface area contributed by atoms with E-state index in [9.17, 15) is 0 Å². The van der Waals surface area contributed by atoms with E-state index in [0.717, 1.165) is 32.0 Å². The van der Waals surface area contributed by atoms with Gasteiger partial charge in [0, 0.05) is 6.54 Å². The predicted molar refractivity (Wildman–Crippen MR) is 86.6 cm³/mol. The summed E-state index contributed by atoms with van der Waals surface area (Å²) in [6.07, 6.45) is 4.86. The van der Waals surface area contributed by atoms with Gasteiger partial charge >= 0.3 is 0 Å². The maximum atomic E-state index is 5.72. The molecule has 0 bridgehead atoms. The Hall–Kier alpha value is -1.06. The zero-order valence-corrected chi connectivity index (χ0v) is 13.3. The second kappa shape index (κ2) is 10.7. The Bertz CT molecular complexity index is 335. The average molecular weight is 278 g/mol. The standard InChI is InChI=1S/C17H30N2O/c1-4-5-7-16-8-10-17(11-9-16)20-15-13-18-12-6-14-19(2)3/h8-11,18H,4-7,12-15H2,1-3H3. The van der Waals surface area contributed by atoms with Gasteiger partial charge in [-0.25, -0.2) is 0 Å². The molecule has 1 aromatic carbocycles. The first kappa shape index (κ1) is 17.0. The summed E-state index contributed by atoms with van der Waals surface area (Å²) in [5.41, 5.74) is 1.40. The van der Waals surface area contributed by atoms with E-state index in [1.54, 1.807) is 0 Å². The molecule has 1 N–H and O–H groups in total. The second-order valence-electron chi connectivity index (χ2n) is 5.50. The number of benzene rings is 1. The predicted octanol–water partition coefficient (Wildman–Crippen LogP) is 2.95. The number of hydrogen-bond acceptors (Lipinski definition) is 3. The molecule has 0 saturated carbocycles. The van der Waals surface area contributed by atoms with Crippen molar-refractivity contribution in [2.24, 2.45) is 0 Å². The molecule has 1 aromatic rings. The number of rotatable bonds is 11. The van der Waals surface area contributed by atoms with Crippen LogP contribution < -0.4 is 10.1 Å². The summed E-state index contributed by atoms with van der Waals surface area (Å²) in [5.74, 6) is 0.973. The summed E-state index contributed by atoms with van der Waals surface area (Å²) in [5, 5.41) is 3.40. The molecule has 0 fully saturated rings. The molecule has 0 saturated heterocycles. The van der Waals surface area contributed by atoms with Gasteiger partial charge in [0.05, 0.1) is 0 Å². The largest absolute Gasteiger partial charge is 0.492 e. The molecule has 20 heavy (non-hydrogen) atoms. The molecule has 0 aliphatic carbocycles. The van der Waals surface area contributed by atoms with Crippen molar-refractivity contribution in [1.82, 2.24) is 10.2 Å². The Morgan fingerprint density at radius 2 is 1.80 bits per heavy atom. The fourth-order valence-corrected chi connectivity index (χ4v) is 2.02. The van der Waals surface area contributed by atoms with Gasteiger partial charge in [0.1, 0.15) is 12.4 Å². The smallest absolute Gasteiger partial charge is 0.119 e. The third kappa shape index (κ3) is 8.18. The first-order chi connectivity index (χ1) is 9.72. The molecule has 0 heterocycles. The molecule has 0 aliphatic rings. The summed E-state index contributed by atoms with van der Waals surface area (Å²) in [6.45, 7) is 6.05. The molecule has 3 heteroatoms. The quantitative estimate of drug-likeness (QED) is 0.630. The molecule has 0 aliphatic heterocycles. The number of ether oxygens (including phenoxy) is 1. The molecule has 114 valence electrons. The van der Waals surface area contributed by atoms with Gasteiger partial charge in [-0.1, -0.05) is 25.5 Å². The third-order valence-corrected chi connectivity index (χ3v) is 3.25. The lowest BCUT2D eigenvalue weighted by atomic mass is 10.1. The van der Waals surface area contributed by atoms with Gasteiger partial charge in [0.15, 0.2) is 0 Å². The monoisotopic (exact) mass is 278 g/mol. The van der Waals surface area contributed by atoms with E-state index in [2.05, 4.69) is 55.5 Å². The molecule has 0 unspecified atom stereocenters. The fraction of sp³-hybridized carbons (Fsp3) is 0.647. The number of unbranched alkanes of at least 4 members (excludes halogenated alkanes) is 1. The van der Waals surface area contributed by atoms with E-state index in [0.29, 0.717) is 0 Å². The van der Waals surface area contributed by atoms with E-state index >= 15 is 0 Å². The highest BCUT2D eigenvalue weighted by atomic mass is 16.5. The van der Waals surface area contributed by atoms with Crippen LogP contribution in [0.25, 0.3) is 0 Å². The van der Waals surface area contributed by atoms with Crippen LogP contribution in [0.1, 0.15) is 31.7 Å². The summed E-state index contributed by atoms with van der Waals surface area (Å²) in [6, 6.07) is 8.51. The molecular formula is C17H30N2O. The van der Waals surface area contributed by atoms with E-state index in [1.165, 1.54) is 31.2 Å². The summed E-state index contributed by atoms with van der Waals surface area (Å²) >= 11 is 0. The Labute approximate surface area is 124 Å². The van der Waals surface area contributed by atoms with Gasteiger partial charge in [0.25, 0.3) is 0 Å². The normalized spacial score (nSPS) is 11.0. The lowest BCUT2D eigenvalue weighted by molar-refractivity contribution is 0.311. The maximum absolute atomic E-state index is 5.72. The zero-order chi connectivity index (χ0) is 14.6. The minimum atomic E-state index is 0.732. The first-order valence-electron chi connectivity index (χ1n) is 7.79. The van der Waals surface area contributed by atoms with Crippen molar-refractivity contribution in [3.63, 3.8) is 0 Å². The summed E-state index contributed by atoms with van der Waals surface area (Å²) in [4.78, 5) is 2.21. The van der Waals surface area contributed by atoms with Crippen LogP contribution in [0.4, 0.5) is 0 Å². The van der Waals surface area contributed by atoms with Crippen molar-refractivity contribution in [1.29, 1.82) is 0 Å². The summed E-state index contributed by atoms with van der Waals surface area (Å²) in [7, 11) is 4.21. The second-order valence-corrected chi connectivity index (χ2v) is 5.50. The van der Waals surface area contributed by atoms with Crippen molar-refractivity contribution in [3.05, 3.63) is 29.8 Å². The molecular weight excluding hydrogens is 248 g/mol. The maximum Gasteiger partial charge on any atom is 0.119 e. The molecule has 1 rings (SSSR count). The number of hydrogen-bond donors (Lipinski definition) is 1. The van der Waals surface area contributed by atoms with Gasteiger partial charge < -0.3 is 15.0 Å². The molecule has 0 radical (unpaired) electrons. The van der Waals surface area contributed by atoms with Crippen molar-refractivity contribution < 1.29 is 4.74 Å². The number of nitrogens with zero attached hydrogens (tertiary/aromatic N) is 1. The van der Waals surface area contributed by atoms with Crippen LogP contribution in [0.3, 0.4) is 0 Å². The molecule has 0 atom stereocenters. The van der Waals surface area contributed by atoms with Gasteiger partial charge in [0.2, 0.25) is 0 Å². The third-order valence-electron chi connectivity index (χ3n) is 3.25. The summed E-state index contributed by atoms with van der Waals surface area (Å²) < 4.78 is 5.72. The van der Waals surface area contributed by atoms with E-state index < -0.39 is 0 Å². The Morgan fingerprint density at radius 3 is 2.45 bits per heavy atom. The van der Waals surface area contributed by atoms with Gasteiger partial charge in [-0.3, -0.25) is 0 Å². The van der Waals surface area contributed by atoms with Crippen LogP contribution in [0.2, 0.25) is 0 Å². The van der Waals surface area contributed by atoms with Crippen molar-refractivity contribution in [2.75, 3.05) is 40.3 Å². The van der Waals surface area contributed by atoms with Gasteiger partial charge in [-0.15, -0.1) is 0 Å². The average Bonchev–Trinajstić information content (AvgIpc) is 2.45. The highest BCUT2D eigenvalue weighted by Crippen LogP contribution is 2.13. The van der Waals surface area contributed by atoms with E-state index in [4.69, 9.17) is 4.74 Å². The highest BCUT2D eigenvalue weighted by Gasteiger charge is 1.96. The number of nitrogens with one attached hydrogen (secondary N) is 1. The van der Waals surface area contributed by atoms with Crippen LogP contribution in [0.5, 0.6) is 5.75 Å². The van der Waals surface area contributed by atoms with Crippen LogP contribution in [0.15, 0.2) is 24.3 Å². The van der Waals surface area contributed by atoms with E-state index in [-0.39, 0.29) is 0 Å². The Kier molecular flexibility index (Phi) is 9.09. The molecule has 0 aromatic heterocycles. The topological polar surface area (TPSA) is 24.5 Å². The first-order valence-corrected chi connectivity index (χ1v) is 7.79. The number of aryl methyl sites for hydroxylation is 1. The highest BCUT2D eigenvalue weighted by molar-refractivity contribution is 5.27. The Morgan fingerprint density at radius 1 is 1.05 bits per heavy atom. The van der Waals surface area contributed by atoms with Gasteiger partial charge in [-0.2, -0.15) is 0 Å². The zero-order valence-electron chi connectivity index (χ0n) is 13.3. The fourth-order valence-electron chi connectivity index (χ4n) is 2.02. The van der Waals surface area contributed by atoms with E-state index in [1.807, 2.05) is 0 Å². The molecule has 3 nitrogen and oxygen atoms in total. The lowest BCUT2D eigenvalue weighted by Crippen LogP contribution is -2.25. The minimum absolute atomic E-state index is 0.732. The Balaban J connectivity index is 2.07. The molecule has 0 amide bonds. The van der Waals surface area contributed by atoms with Crippen molar-refractivity contribution in [3.8, 4) is 5.75 Å². The SMILES string of the molecule is CCCCc1ccc(OCCNCCCN(C)C)cc1. The van der Waals surface area contributed by atoms with Crippen molar-refractivity contribution >= 4 is 0 Å². The van der Waals surface area contributed by atoms with Crippen LogP contribution in [-0.4, -0.2) is 45.2 Å². The van der Waals surface area contributed by atoms with Gasteiger partial charge in [-0.05, 0) is 64.1 Å². The lowest BCUT2D eigenvalue weighted by Gasteiger charge is -2.10. The van der Waals surface area contributed by atoms with Crippen molar-refractivity contribution in [2.45, 2.75) is 32.6 Å². The van der Waals surface area contributed by atoms with Crippen LogP contribution >= 0.6 is 0 Å².